The molecule has 0 aromatic heterocycles. The van der Waals surface area contributed by atoms with Gasteiger partial charge in [0, 0.05) is 63.0 Å². The summed E-state index contributed by atoms with van der Waals surface area (Å²) in [5.74, 6) is -13.3. The molecule has 44 heteroatoms. The van der Waals surface area contributed by atoms with Crippen LogP contribution in [-0.2, 0) is 116 Å². The molecule has 1 saturated heterocycles. The van der Waals surface area contributed by atoms with Crippen molar-refractivity contribution in [1.82, 2.24) is 69.3 Å². The molecular weight excluding hydrogens is 1530 g/mol. The minimum atomic E-state index is -1.85. The number of hydrogen-bond donors (Lipinski definition) is 18. The molecule has 1 aliphatic rings. The van der Waals surface area contributed by atoms with Crippen LogP contribution in [0.15, 0.2) is 35.3 Å². The molecule has 1 fully saturated rings. The molecule has 7 atom stereocenters. The summed E-state index contributed by atoms with van der Waals surface area (Å²) >= 11 is 9.39. The highest BCUT2D eigenvalue weighted by Gasteiger charge is 2.34. The minimum Gasteiger partial charge on any atom is -0.481 e. The van der Waals surface area contributed by atoms with Gasteiger partial charge in [0.05, 0.1) is 105 Å². The van der Waals surface area contributed by atoms with E-state index in [4.69, 9.17) is 58.9 Å². The topological polar surface area (TPSA) is 572 Å². The number of amides is 13. The number of carboxylic acid groups (broad SMARTS) is 1. The molecule has 0 spiro atoms. The number of carbonyl (C=O) groups excluding carboxylic acids is 13. The van der Waals surface area contributed by atoms with Crippen LogP contribution in [0.25, 0.3) is 0 Å². The fraction of sp³-hybridized carbons (Fsp3) is 0.687. The number of aliphatic carboxylic acids is 1. The van der Waals surface area contributed by atoms with Crippen molar-refractivity contribution in [2.24, 2.45) is 16.5 Å². The number of nitrogens with zero attached hydrogens (tertiary/aromatic N) is 1. The predicted octanol–water partition coefficient (Wildman–Crippen LogP) is -5.88. The van der Waals surface area contributed by atoms with E-state index in [0.29, 0.717) is 58.4 Å². The van der Waals surface area contributed by atoms with Gasteiger partial charge < -0.3 is 123 Å². The number of hydroxylamine groups is 1. The Morgan fingerprint density at radius 2 is 0.991 bits per heavy atom. The van der Waals surface area contributed by atoms with E-state index in [-0.39, 0.29) is 128 Å². The van der Waals surface area contributed by atoms with Gasteiger partial charge in [-0.05, 0) is 65.4 Å². The number of nitrogens with two attached hydrogens (primary N) is 2. The first-order valence-electron chi connectivity index (χ1n) is 35.9. The Bertz CT molecular complexity index is 3040. The van der Waals surface area contributed by atoms with Crippen molar-refractivity contribution in [3.8, 4) is 0 Å². The lowest BCUT2D eigenvalue weighted by Crippen LogP contribution is -2.60. The lowest BCUT2D eigenvalue weighted by molar-refractivity contribution is -0.141. The van der Waals surface area contributed by atoms with Crippen molar-refractivity contribution in [3.05, 3.63) is 35.9 Å². The molecule has 1 aromatic carbocycles. The van der Waals surface area contributed by atoms with E-state index in [1.54, 1.807) is 51.1 Å². The van der Waals surface area contributed by atoms with Crippen LogP contribution >= 0.6 is 37.0 Å². The van der Waals surface area contributed by atoms with E-state index in [9.17, 15) is 72.2 Å². The Morgan fingerprint density at radius 3 is 1.52 bits per heavy atom. The minimum absolute atomic E-state index is 0.0200. The van der Waals surface area contributed by atoms with E-state index < -0.39 is 175 Å². The molecule has 628 valence electrons. The van der Waals surface area contributed by atoms with Gasteiger partial charge in [-0.3, -0.25) is 72.2 Å². The quantitative estimate of drug-likeness (QED) is 0.00950. The van der Waals surface area contributed by atoms with Crippen LogP contribution in [0.5, 0.6) is 0 Å². The molecule has 0 radical (unpaired) electrons. The number of guanidine groups is 1. The summed E-state index contributed by atoms with van der Waals surface area (Å²) in [6.45, 7) is 8.82. The largest absolute Gasteiger partial charge is 0.481 e. The third-order valence-corrected chi connectivity index (χ3v) is 16.4. The van der Waals surface area contributed by atoms with Gasteiger partial charge in [-0.15, -0.1) is 11.8 Å². The molecule has 13 amide bonds. The molecule has 1 aliphatic heterocycles. The maximum Gasteiger partial charge on any atom is 0.431 e. The van der Waals surface area contributed by atoms with Gasteiger partial charge in [-0.2, -0.15) is 30.7 Å². The van der Waals surface area contributed by atoms with Crippen LogP contribution in [0.4, 0.5) is 4.79 Å². The van der Waals surface area contributed by atoms with Crippen LogP contribution in [0.1, 0.15) is 71.8 Å². The molecule has 0 aliphatic carbocycles. The standard InChI is InChI=1S/C67H112N16O25S3/c1-5-99-24-25-102-23-20-73-59(92)51-42-111-43-56(88)76-46(14-9-10-16-70-53(85)37-106-38-54(86)71-18-21-100-26-28-103-30-32-105-33-31-104-29-27-101-22-19-72-55(87)39-107-83-66(98)108-67(2,3)4)60(93)80-49(40-109)63(96)78-45(15-11-17-74-65(68)69)58(91)75-36-52(84)77-48(35-57(89)90)62(95)81-50(41-110)64(97)79-47(61(94)82-51)34-44-12-7-6-8-13-44/h6-8,12-13,45-51,109-110H,5,9-11,14-43H2,1-4H3,(H,70,85)(H,71,86)(H,72,87)(H,73,92)(H,75,91)(H,76,88)(H,77,84)(H,78,96)(H,79,97)(H,80,93)(H,81,95)(H,82,94)(H,83,98)(H,89,90)(H4,68,69,74)/t45-,46-,47-,48-,49-,50-,51-/m0/s1. The number of carbonyl (C=O) groups is 14. The fourth-order valence-corrected chi connectivity index (χ4v) is 10.6. The van der Waals surface area contributed by atoms with Gasteiger partial charge in [0.1, 0.15) is 61.1 Å². The second kappa shape index (κ2) is 60.2. The molecule has 2 rings (SSSR count). The van der Waals surface area contributed by atoms with Crippen LogP contribution in [-0.4, -0.2) is 317 Å². The maximum absolute atomic E-state index is 14.4. The summed E-state index contributed by atoms with van der Waals surface area (Å²) in [5.41, 5.74) is 12.8. The van der Waals surface area contributed by atoms with Crippen molar-refractivity contribution in [2.45, 2.75) is 121 Å². The monoisotopic (exact) mass is 1640 g/mol. The third-order valence-electron chi connectivity index (χ3n) is 14.6. The van der Waals surface area contributed by atoms with Gasteiger partial charge in [0.25, 0.3) is 0 Å². The molecule has 0 bridgehead atoms. The van der Waals surface area contributed by atoms with Crippen molar-refractivity contribution in [2.75, 3.05) is 175 Å². The maximum atomic E-state index is 14.4. The Hall–Kier alpha value is -8.44. The normalized spacial score (nSPS) is 18.8. The Balaban J connectivity index is 2.09. The fourth-order valence-electron chi connectivity index (χ4n) is 9.25. The smallest absolute Gasteiger partial charge is 0.431 e. The number of benzene rings is 1. The van der Waals surface area contributed by atoms with Gasteiger partial charge in [-0.25, -0.2) is 4.79 Å². The molecular formula is C67H112N16O25S3. The number of rotatable bonds is 48. The number of carboxylic acids is 1. The first kappa shape index (κ1) is 98.6. The first-order valence-corrected chi connectivity index (χ1v) is 38.4. The molecule has 18 N–H and O–H groups in total. The van der Waals surface area contributed by atoms with E-state index in [2.05, 4.69) is 94.1 Å². The molecule has 1 aromatic rings. The van der Waals surface area contributed by atoms with Crippen molar-refractivity contribution in [3.63, 3.8) is 0 Å². The summed E-state index contributed by atoms with van der Waals surface area (Å²) in [4.78, 5) is 195. The van der Waals surface area contributed by atoms with E-state index in [1.807, 2.05) is 12.4 Å². The Morgan fingerprint density at radius 1 is 0.532 bits per heavy atom. The van der Waals surface area contributed by atoms with Crippen LogP contribution in [0.2, 0.25) is 0 Å². The van der Waals surface area contributed by atoms with Gasteiger partial charge in [0.15, 0.2) is 12.6 Å². The lowest BCUT2D eigenvalue weighted by atomic mass is 10.0. The van der Waals surface area contributed by atoms with Gasteiger partial charge in [0.2, 0.25) is 70.9 Å². The lowest BCUT2D eigenvalue weighted by Gasteiger charge is -2.26. The average Bonchev–Trinajstić information content (AvgIpc) is 0.929. The van der Waals surface area contributed by atoms with Crippen LogP contribution < -0.4 is 80.7 Å². The highest BCUT2D eigenvalue weighted by Crippen LogP contribution is 2.12. The van der Waals surface area contributed by atoms with E-state index in [0.717, 1.165) is 11.8 Å². The predicted molar refractivity (Wildman–Crippen MR) is 407 cm³/mol. The average molecular weight is 1640 g/mol. The molecule has 41 nitrogen and oxygen atoms in total. The molecule has 0 unspecified atom stereocenters. The zero-order valence-corrected chi connectivity index (χ0v) is 65.7. The number of ether oxygens (including phenoxy) is 9. The zero-order valence-electron chi connectivity index (χ0n) is 63.1. The molecule has 0 saturated carbocycles. The van der Waals surface area contributed by atoms with Gasteiger partial charge in [-0.1, -0.05) is 30.3 Å². The van der Waals surface area contributed by atoms with Crippen molar-refractivity contribution >= 4 is 126 Å². The summed E-state index contributed by atoms with van der Waals surface area (Å²) in [6, 6.07) is -2.20. The summed E-state index contributed by atoms with van der Waals surface area (Å²) in [5, 5.41) is 40.1. The number of thioether (sulfide) groups is 1. The second-order valence-corrected chi connectivity index (χ2v) is 26.7. The summed E-state index contributed by atoms with van der Waals surface area (Å²) in [7, 11) is 0. The zero-order chi connectivity index (χ0) is 82.0. The summed E-state index contributed by atoms with van der Waals surface area (Å²) in [6.07, 6.45) is -1.76. The Kier molecular flexibility index (Phi) is 53.5. The highest BCUT2D eigenvalue weighted by atomic mass is 32.2. The van der Waals surface area contributed by atoms with E-state index >= 15 is 0 Å². The van der Waals surface area contributed by atoms with Crippen molar-refractivity contribution in [1.29, 1.82) is 0 Å². The molecule has 1 heterocycles. The van der Waals surface area contributed by atoms with Crippen LogP contribution in [0, 0.1) is 0 Å². The highest BCUT2D eigenvalue weighted by molar-refractivity contribution is 8.00. The number of unbranched alkanes of at least 4 members (excludes halogenated alkanes) is 1. The number of aliphatic imine (C=N–C) groups is 1. The summed E-state index contributed by atoms with van der Waals surface area (Å²) < 4.78 is 48.4. The van der Waals surface area contributed by atoms with E-state index in [1.165, 1.54) is 0 Å². The molecule has 111 heavy (non-hydrogen) atoms. The number of hydrogen-bond acceptors (Lipinski definition) is 28. The third kappa shape index (κ3) is 50.2. The number of thiol groups is 2. The van der Waals surface area contributed by atoms with Crippen LogP contribution in [0.3, 0.4) is 0 Å². The number of nitrogens with one attached hydrogen (secondary N) is 13. The van der Waals surface area contributed by atoms with Gasteiger partial charge >= 0.3 is 12.1 Å². The van der Waals surface area contributed by atoms with Crippen molar-refractivity contribution < 1.29 is 120 Å². The SMILES string of the molecule is CCOCCOCCNC(=O)[C@@H]1CSCC(=O)N[C@@H](CCCCNC(=O)COCC(=O)NCCOCCOCCOCCOCCOCCNC(=O)CONC(=O)OC(C)(C)C)C(=O)N[C@@H](CS)C(=O)N[C@@H](CCCN=C(N)N)C(=O)NCC(=O)N[C@@H](CC(=O)O)C(=O)N[C@@H](CS)C(=O)N[C@@H](Cc2ccccc2)C(=O)N1. The Labute approximate surface area is 659 Å². The second-order valence-electron chi connectivity index (χ2n) is 25.0. The first-order chi connectivity index (χ1) is 53.1.